The Balaban J connectivity index is 2.20. The van der Waals surface area contributed by atoms with E-state index in [1.807, 2.05) is 65.0 Å². The molecule has 0 saturated carbocycles. The summed E-state index contributed by atoms with van der Waals surface area (Å²) in [5, 5.41) is 2.90. The van der Waals surface area contributed by atoms with E-state index >= 15 is 0 Å². The van der Waals surface area contributed by atoms with Crippen molar-refractivity contribution < 1.29 is 13.2 Å². The van der Waals surface area contributed by atoms with Gasteiger partial charge in [-0.2, -0.15) is 0 Å². The van der Waals surface area contributed by atoms with Gasteiger partial charge in [-0.15, -0.1) is 0 Å². The molecule has 0 aromatic heterocycles. The van der Waals surface area contributed by atoms with Gasteiger partial charge in [-0.1, -0.05) is 35.9 Å². The third kappa shape index (κ3) is 5.32. The van der Waals surface area contributed by atoms with Gasteiger partial charge in [-0.05, 0) is 62.9 Å². The zero-order valence-corrected chi connectivity index (χ0v) is 17.6. The fraction of sp³-hybridized carbons (Fsp3) is 0.381. The molecule has 0 heterocycles. The molecule has 2 rings (SSSR count). The number of hydrogen-bond donors (Lipinski definition) is 1. The quantitative estimate of drug-likeness (QED) is 0.823. The molecule has 1 amide bonds. The van der Waals surface area contributed by atoms with E-state index in [9.17, 15) is 13.2 Å². The number of anilines is 1. The van der Waals surface area contributed by atoms with Gasteiger partial charge >= 0.3 is 0 Å². The van der Waals surface area contributed by atoms with Crippen LogP contribution in [0.2, 0.25) is 0 Å². The second-order valence-electron chi connectivity index (χ2n) is 7.19. The van der Waals surface area contributed by atoms with Crippen molar-refractivity contribution in [2.24, 2.45) is 0 Å². The molecule has 6 heteroatoms. The molecule has 1 N–H and O–H groups in total. The number of aryl methyl sites for hydroxylation is 4. The number of carbonyl (C=O) groups is 1. The largest absolute Gasteiger partial charge is 0.348 e. The highest BCUT2D eigenvalue weighted by molar-refractivity contribution is 7.92. The number of amides is 1. The Morgan fingerprint density at radius 3 is 2.22 bits per heavy atom. The fourth-order valence-corrected chi connectivity index (χ4v) is 3.92. The molecule has 0 aliphatic rings. The van der Waals surface area contributed by atoms with Gasteiger partial charge in [0.25, 0.3) is 0 Å². The highest BCUT2D eigenvalue weighted by atomic mass is 32.2. The van der Waals surface area contributed by atoms with Crippen LogP contribution in [0.25, 0.3) is 0 Å². The highest BCUT2D eigenvalue weighted by Gasteiger charge is 2.23. The first-order chi connectivity index (χ1) is 12.5. The summed E-state index contributed by atoms with van der Waals surface area (Å²) >= 11 is 0. The maximum Gasteiger partial charge on any atom is 0.241 e. The van der Waals surface area contributed by atoms with Gasteiger partial charge in [-0.25, -0.2) is 8.42 Å². The summed E-state index contributed by atoms with van der Waals surface area (Å²) in [6, 6.07) is 11.3. The summed E-state index contributed by atoms with van der Waals surface area (Å²) in [4.78, 5) is 12.6. The maximum atomic E-state index is 12.6. The molecule has 0 bridgehead atoms. The lowest BCUT2D eigenvalue weighted by Gasteiger charge is -2.25. The zero-order chi connectivity index (χ0) is 20.4. The average Bonchev–Trinajstić information content (AvgIpc) is 2.54. The van der Waals surface area contributed by atoms with Gasteiger partial charge in [0.05, 0.1) is 18.0 Å². The van der Waals surface area contributed by atoms with Crippen LogP contribution in [-0.2, 0) is 14.8 Å². The molecule has 0 aliphatic carbocycles. The van der Waals surface area contributed by atoms with Gasteiger partial charge in [-0.3, -0.25) is 9.10 Å². The Morgan fingerprint density at radius 2 is 1.67 bits per heavy atom. The van der Waals surface area contributed by atoms with E-state index < -0.39 is 10.0 Å². The van der Waals surface area contributed by atoms with E-state index in [0.717, 1.165) is 32.8 Å². The van der Waals surface area contributed by atoms with Crippen molar-refractivity contribution in [1.82, 2.24) is 5.32 Å². The second kappa shape index (κ2) is 8.13. The van der Waals surface area contributed by atoms with Crippen LogP contribution in [0, 0.1) is 27.7 Å². The topological polar surface area (TPSA) is 66.5 Å². The molecule has 0 fully saturated rings. The Hall–Kier alpha value is -2.34. The normalized spacial score (nSPS) is 12.5. The van der Waals surface area contributed by atoms with Crippen LogP contribution in [0.1, 0.15) is 40.8 Å². The van der Waals surface area contributed by atoms with Crippen LogP contribution in [0.3, 0.4) is 0 Å². The van der Waals surface area contributed by atoms with Gasteiger partial charge in [0.15, 0.2) is 0 Å². The molecule has 0 saturated heterocycles. The molecule has 5 nitrogen and oxygen atoms in total. The summed E-state index contributed by atoms with van der Waals surface area (Å²) in [5.41, 5.74) is 5.71. The van der Waals surface area contributed by atoms with E-state index in [1.165, 1.54) is 5.56 Å². The van der Waals surface area contributed by atoms with Crippen molar-refractivity contribution in [3.8, 4) is 0 Å². The molecule has 0 aliphatic heterocycles. The third-order valence-corrected chi connectivity index (χ3v) is 5.84. The molecule has 27 heavy (non-hydrogen) atoms. The number of benzene rings is 2. The van der Waals surface area contributed by atoms with Crippen molar-refractivity contribution in [1.29, 1.82) is 0 Å². The summed E-state index contributed by atoms with van der Waals surface area (Å²) in [6.45, 7) is 9.49. The van der Waals surface area contributed by atoms with Gasteiger partial charge in [0.2, 0.25) is 15.9 Å². The van der Waals surface area contributed by atoms with Crippen molar-refractivity contribution in [3.63, 3.8) is 0 Å². The number of sulfonamides is 1. The molecular weight excluding hydrogens is 360 g/mol. The number of rotatable bonds is 6. The van der Waals surface area contributed by atoms with Crippen molar-refractivity contribution in [2.75, 3.05) is 17.1 Å². The first kappa shape index (κ1) is 21.0. The molecule has 0 radical (unpaired) electrons. The number of carbonyl (C=O) groups excluding carboxylic acids is 1. The van der Waals surface area contributed by atoms with Crippen molar-refractivity contribution in [2.45, 2.75) is 40.7 Å². The molecule has 1 atom stereocenters. The second-order valence-corrected chi connectivity index (χ2v) is 9.10. The third-order valence-electron chi connectivity index (χ3n) is 4.72. The molecule has 0 spiro atoms. The Labute approximate surface area is 162 Å². The van der Waals surface area contributed by atoms with Crippen LogP contribution >= 0.6 is 0 Å². The van der Waals surface area contributed by atoms with E-state index in [4.69, 9.17) is 0 Å². The molecule has 2 aromatic rings. The van der Waals surface area contributed by atoms with Crippen LogP contribution < -0.4 is 9.62 Å². The van der Waals surface area contributed by atoms with E-state index in [1.54, 1.807) is 6.07 Å². The highest BCUT2D eigenvalue weighted by Crippen LogP contribution is 2.23. The Morgan fingerprint density at radius 1 is 1.00 bits per heavy atom. The molecular formula is C21H28N2O3S. The fourth-order valence-electron chi connectivity index (χ4n) is 3.00. The first-order valence-corrected chi connectivity index (χ1v) is 10.8. The predicted octanol–water partition coefficient (Wildman–Crippen LogP) is 3.56. The average molecular weight is 389 g/mol. The number of hydrogen-bond acceptors (Lipinski definition) is 3. The SMILES string of the molecule is Cc1ccc(N(CC(=O)N[C@H](C)c2ccc(C)c(C)c2)S(C)(=O)=O)c(C)c1. The maximum absolute atomic E-state index is 12.6. The standard InChI is InChI=1S/C21H28N2O3S/c1-14-7-10-20(17(4)11-14)23(27(6,25)26)13-21(24)22-18(5)19-9-8-15(2)16(3)12-19/h7-12,18H,13H2,1-6H3,(H,22,24)/t18-/m1/s1. The lowest BCUT2D eigenvalue weighted by Crippen LogP contribution is -2.41. The van der Waals surface area contributed by atoms with E-state index in [-0.39, 0.29) is 18.5 Å². The molecule has 2 aromatic carbocycles. The lowest BCUT2D eigenvalue weighted by atomic mass is 10.0. The lowest BCUT2D eigenvalue weighted by molar-refractivity contribution is -0.120. The van der Waals surface area contributed by atoms with Crippen molar-refractivity contribution in [3.05, 3.63) is 64.2 Å². The first-order valence-electron chi connectivity index (χ1n) is 8.90. The summed E-state index contributed by atoms with van der Waals surface area (Å²) in [5.74, 6) is -0.342. The Kier molecular flexibility index (Phi) is 6.31. The monoisotopic (exact) mass is 388 g/mol. The number of nitrogens with zero attached hydrogens (tertiary/aromatic N) is 1. The van der Waals surface area contributed by atoms with Crippen LogP contribution in [0.4, 0.5) is 5.69 Å². The summed E-state index contributed by atoms with van der Waals surface area (Å²) in [7, 11) is -3.59. The minimum absolute atomic E-state index is 0.211. The van der Waals surface area contributed by atoms with Crippen LogP contribution in [-0.4, -0.2) is 27.1 Å². The van der Waals surface area contributed by atoms with Gasteiger partial charge < -0.3 is 5.32 Å². The van der Waals surface area contributed by atoms with Crippen molar-refractivity contribution >= 4 is 21.6 Å². The van der Waals surface area contributed by atoms with Crippen LogP contribution in [0.5, 0.6) is 0 Å². The molecule has 146 valence electrons. The van der Waals surface area contributed by atoms with Gasteiger partial charge in [0, 0.05) is 0 Å². The minimum atomic E-state index is -3.59. The zero-order valence-electron chi connectivity index (χ0n) is 16.8. The number of nitrogens with one attached hydrogen (secondary N) is 1. The summed E-state index contributed by atoms with van der Waals surface area (Å²) in [6.07, 6.45) is 1.12. The van der Waals surface area contributed by atoms with Gasteiger partial charge in [0.1, 0.15) is 6.54 Å². The molecule has 0 unspecified atom stereocenters. The van der Waals surface area contributed by atoms with Crippen LogP contribution in [0.15, 0.2) is 36.4 Å². The smallest absolute Gasteiger partial charge is 0.241 e. The predicted molar refractivity (Wildman–Crippen MR) is 111 cm³/mol. The minimum Gasteiger partial charge on any atom is -0.348 e. The summed E-state index contributed by atoms with van der Waals surface area (Å²) < 4.78 is 25.7. The van der Waals surface area contributed by atoms with E-state index in [0.29, 0.717) is 5.69 Å². The Bertz CT molecular complexity index is 952. The van der Waals surface area contributed by atoms with E-state index in [2.05, 4.69) is 5.32 Å².